The van der Waals surface area contributed by atoms with Crippen molar-refractivity contribution >= 4 is 16.5 Å². The molecule has 1 saturated carbocycles. The van der Waals surface area contributed by atoms with Crippen molar-refractivity contribution in [2.24, 2.45) is 5.73 Å². The van der Waals surface area contributed by atoms with Gasteiger partial charge in [-0.1, -0.05) is 6.92 Å². The molecule has 1 aromatic rings. The Morgan fingerprint density at radius 1 is 1.28 bits per heavy atom. The second-order valence-corrected chi connectivity index (χ2v) is 6.58. The average Bonchev–Trinajstić information content (AvgIpc) is 2.68. The average molecular weight is 267 g/mol. The third-order valence-electron chi connectivity index (χ3n) is 3.91. The number of hydrogen-bond donors (Lipinski definition) is 1. The molecule has 0 aromatic carbocycles. The molecule has 4 heteroatoms. The maximum atomic E-state index is 6.01. The molecular weight excluding hydrogens is 242 g/mol. The van der Waals surface area contributed by atoms with E-state index in [-0.39, 0.29) is 0 Å². The molecule has 1 aromatic heterocycles. The van der Waals surface area contributed by atoms with Gasteiger partial charge in [0.05, 0.1) is 5.69 Å². The molecule has 3 nitrogen and oxygen atoms in total. The van der Waals surface area contributed by atoms with E-state index in [2.05, 4.69) is 25.7 Å². The van der Waals surface area contributed by atoms with E-state index in [0.717, 1.165) is 19.4 Å². The van der Waals surface area contributed by atoms with Gasteiger partial charge in [0.25, 0.3) is 0 Å². The first-order valence-electron chi connectivity index (χ1n) is 7.08. The summed E-state index contributed by atoms with van der Waals surface area (Å²) in [6, 6.07) is 1.07. The Kier molecular flexibility index (Phi) is 4.62. The summed E-state index contributed by atoms with van der Waals surface area (Å²) in [5, 5.41) is 1.22. The predicted molar refractivity (Wildman–Crippen MR) is 79.5 cm³/mol. The quantitative estimate of drug-likeness (QED) is 0.910. The Morgan fingerprint density at radius 3 is 2.44 bits per heavy atom. The van der Waals surface area contributed by atoms with E-state index in [1.165, 1.54) is 35.0 Å². The highest BCUT2D eigenvalue weighted by Crippen LogP contribution is 2.31. The molecule has 2 N–H and O–H groups in total. The van der Waals surface area contributed by atoms with Gasteiger partial charge in [-0.15, -0.1) is 11.3 Å². The number of rotatable bonds is 4. The van der Waals surface area contributed by atoms with Crippen molar-refractivity contribution in [3.63, 3.8) is 0 Å². The molecule has 0 aliphatic heterocycles. The Labute approximate surface area is 114 Å². The summed E-state index contributed by atoms with van der Waals surface area (Å²) < 4.78 is 0. The topological polar surface area (TPSA) is 42.2 Å². The fourth-order valence-electron chi connectivity index (χ4n) is 2.67. The van der Waals surface area contributed by atoms with Crippen LogP contribution in [0.1, 0.15) is 49.6 Å². The van der Waals surface area contributed by atoms with Crippen molar-refractivity contribution in [3.8, 4) is 0 Å². The van der Waals surface area contributed by atoms with Gasteiger partial charge >= 0.3 is 0 Å². The molecule has 0 amide bonds. The molecule has 1 aliphatic rings. The highest BCUT2D eigenvalue weighted by Gasteiger charge is 2.25. The van der Waals surface area contributed by atoms with E-state index >= 15 is 0 Å². The minimum absolute atomic E-state index is 0.421. The first-order chi connectivity index (χ1) is 8.61. The van der Waals surface area contributed by atoms with Crippen LogP contribution in [0, 0.1) is 13.8 Å². The highest BCUT2D eigenvalue weighted by atomic mass is 32.1. The second-order valence-electron chi connectivity index (χ2n) is 5.40. The van der Waals surface area contributed by atoms with Gasteiger partial charge in [-0.2, -0.15) is 0 Å². The number of aryl methyl sites for hydroxylation is 2. The van der Waals surface area contributed by atoms with E-state index < -0.39 is 0 Å². The number of anilines is 1. The van der Waals surface area contributed by atoms with Crippen LogP contribution in [0.25, 0.3) is 0 Å². The summed E-state index contributed by atoms with van der Waals surface area (Å²) in [6.07, 6.45) is 5.94. The zero-order valence-corrected chi connectivity index (χ0v) is 12.6. The summed E-state index contributed by atoms with van der Waals surface area (Å²) in [6.45, 7) is 7.63. The van der Waals surface area contributed by atoms with Crippen LogP contribution >= 0.6 is 11.3 Å². The van der Waals surface area contributed by atoms with Gasteiger partial charge in [0.15, 0.2) is 5.13 Å². The lowest BCUT2D eigenvalue weighted by Crippen LogP contribution is -2.41. The first-order valence-corrected chi connectivity index (χ1v) is 7.89. The summed E-state index contributed by atoms with van der Waals surface area (Å²) in [5.74, 6) is 0. The van der Waals surface area contributed by atoms with Crippen LogP contribution in [0.4, 0.5) is 5.13 Å². The molecule has 0 radical (unpaired) electrons. The summed E-state index contributed by atoms with van der Waals surface area (Å²) >= 11 is 1.84. The molecule has 0 saturated heterocycles. The standard InChI is InChI=1S/C14H25N3S/c1-4-9-17(13-7-5-12(15)6-8-13)14-16-10(2)11(3)18-14/h12-13H,4-9,15H2,1-3H3. The third-order valence-corrected chi connectivity index (χ3v) is 5.02. The van der Waals surface area contributed by atoms with Gasteiger partial charge in [0.2, 0.25) is 0 Å². The fourth-order valence-corrected chi connectivity index (χ4v) is 3.67. The normalized spacial score (nSPS) is 24.2. The van der Waals surface area contributed by atoms with E-state index in [0.29, 0.717) is 12.1 Å². The fraction of sp³-hybridized carbons (Fsp3) is 0.786. The first kappa shape index (κ1) is 13.8. The van der Waals surface area contributed by atoms with Crippen molar-refractivity contribution < 1.29 is 0 Å². The lowest BCUT2D eigenvalue weighted by Gasteiger charge is -2.35. The molecule has 0 bridgehead atoms. The van der Waals surface area contributed by atoms with Crippen LogP contribution in [0.3, 0.4) is 0 Å². The smallest absolute Gasteiger partial charge is 0.186 e. The van der Waals surface area contributed by atoms with Gasteiger partial charge in [-0.3, -0.25) is 0 Å². The Balaban J connectivity index is 2.12. The van der Waals surface area contributed by atoms with Crippen molar-refractivity contribution in [1.82, 2.24) is 4.98 Å². The molecule has 1 heterocycles. The Bertz CT molecular complexity index is 361. The van der Waals surface area contributed by atoms with E-state index in [9.17, 15) is 0 Å². The van der Waals surface area contributed by atoms with E-state index in [1.54, 1.807) is 0 Å². The summed E-state index contributed by atoms with van der Waals surface area (Å²) in [7, 11) is 0. The van der Waals surface area contributed by atoms with Crippen LogP contribution in [-0.4, -0.2) is 23.6 Å². The SMILES string of the molecule is CCCN(c1nc(C)c(C)s1)C1CCC(N)CC1. The molecule has 0 unspecified atom stereocenters. The third kappa shape index (κ3) is 3.04. The number of thiazole rings is 1. The van der Waals surface area contributed by atoms with Crippen molar-refractivity contribution in [2.45, 2.75) is 65.0 Å². The second kappa shape index (κ2) is 6.02. The highest BCUT2D eigenvalue weighted by molar-refractivity contribution is 7.15. The molecule has 18 heavy (non-hydrogen) atoms. The lowest BCUT2D eigenvalue weighted by atomic mass is 9.91. The summed E-state index contributed by atoms with van der Waals surface area (Å²) in [4.78, 5) is 8.61. The lowest BCUT2D eigenvalue weighted by molar-refractivity contribution is 0.375. The number of nitrogens with two attached hydrogens (primary N) is 1. The van der Waals surface area contributed by atoms with Crippen LogP contribution in [0.2, 0.25) is 0 Å². The van der Waals surface area contributed by atoms with Gasteiger partial charge in [0, 0.05) is 23.5 Å². The van der Waals surface area contributed by atoms with Gasteiger partial charge < -0.3 is 10.6 Å². The monoisotopic (exact) mass is 267 g/mol. The van der Waals surface area contributed by atoms with Crippen LogP contribution in [0.5, 0.6) is 0 Å². The van der Waals surface area contributed by atoms with Crippen molar-refractivity contribution in [3.05, 3.63) is 10.6 Å². The largest absolute Gasteiger partial charge is 0.345 e. The Morgan fingerprint density at radius 2 is 1.94 bits per heavy atom. The van der Waals surface area contributed by atoms with Crippen LogP contribution in [0.15, 0.2) is 0 Å². The minimum atomic E-state index is 0.421. The molecule has 0 spiro atoms. The Hall–Kier alpha value is -0.610. The number of nitrogens with zero attached hydrogens (tertiary/aromatic N) is 2. The molecule has 1 fully saturated rings. The number of hydrogen-bond acceptors (Lipinski definition) is 4. The number of aromatic nitrogens is 1. The minimum Gasteiger partial charge on any atom is -0.345 e. The molecule has 102 valence electrons. The van der Waals surface area contributed by atoms with Gasteiger partial charge in [0.1, 0.15) is 0 Å². The van der Waals surface area contributed by atoms with Crippen LogP contribution in [-0.2, 0) is 0 Å². The molecule has 1 aliphatic carbocycles. The van der Waals surface area contributed by atoms with E-state index in [4.69, 9.17) is 10.7 Å². The van der Waals surface area contributed by atoms with Crippen LogP contribution < -0.4 is 10.6 Å². The zero-order valence-electron chi connectivity index (χ0n) is 11.8. The summed E-state index contributed by atoms with van der Waals surface area (Å²) in [5.41, 5.74) is 7.19. The van der Waals surface area contributed by atoms with E-state index in [1.807, 2.05) is 11.3 Å². The maximum absolute atomic E-state index is 6.01. The van der Waals surface area contributed by atoms with Crippen molar-refractivity contribution in [2.75, 3.05) is 11.4 Å². The zero-order chi connectivity index (χ0) is 13.1. The maximum Gasteiger partial charge on any atom is 0.186 e. The molecule has 2 rings (SSSR count). The molecule has 0 atom stereocenters. The predicted octanol–water partition coefficient (Wildman–Crippen LogP) is 3.25. The molecular formula is C14H25N3S. The van der Waals surface area contributed by atoms with Gasteiger partial charge in [-0.05, 0) is 46.0 Å². The van der Waals surface area contributed by atoms with Gasteiger partial charge in [-0.25, -0.2) is 4.98 Å². The van der Waals surface area contributed by atoms with Crippen molar-refractivity contribution in [1.29, 1.82) is 0 Å².